The van der Waals surface area contributed by atoms with Crippen LogP contribution in [0.25, 0.3) is 16.9 Å². The van der Waals surface area contributed by atoms with Gasteiger partial charge in [0.2, 0.25) is 5.88 Å². The standard InChI is InChI=1S/C20H20N6O2/c1-2-16-18-14(10-27-19(16)22-5-1)9-26(24-18)15-3-4-17(23-8-15)25-12-20(13-25)11-21-6-7-28-20/h1-5,8-9,21H,6-7,10-13H2. The number of aromatic nitrogens is 4. The Balaban J connectivity index is 1.23. The molecule has 8 nitrogen and oxygen atoms in total. The summed E-state index contributed by atoms with van der Waals surface area (Å²) in [7, 11) is 0. The van der Waals surface area contributed by atoms with E-state index in [0.29, 0.717) is 12.5 Å². The van der Waals surface area contributed by atoms with Gasteiger partial charge in [0, 0.05) is 31.0 Å². The Bertz CT molecular complexity index is 1020. The van der Waals surface area contributed by atoms with Gasteiger partial charge in [-0.2, -0.15) is 5.10 Å². The maximum Gasteiger partial charge on any atom is 0.223 e. The summed E-state index contributed by atoms with van der Waals surface area (Å²) in [4.78, 5) is 11.2. The van der Waals surface area contributed by atoms with E-state index < -0.39 is 0 Å². The van der Waals surface area contributed by atoms with Crippen molar-refractivity contribution in [1.29, 1.82) is 0 Å². The minimum absolute atomic E-state index is 0.0406. The van der Waals surface area contributed by atoms with Crippen LogP contribution in [0.3, 0.4) is 0 Å². The first-order chi connectivity index (χ1) is 13.8. The smallest absolute Gasteiger partial charge is 0.223 e. The van der Waals surface area contributed by atoms with E-state index in [4.69, 9.17) is 14.6 Å². The molecule has 2 fully saturated rings. The Kier molecular flexibility index (Phi) is 3.44. The van der Waals surface area contributed by atoms with Crippen molar-refractivity contribution in [2.24, 2.45) is 0 Å². The van der Waals surface area contributed by atoms with Crippen molar-refractivity contribution in [1.82, 2.24) is 25.1 Å². The molecule has 6 rings (SSSR count). The Hall–Kier alpha value is -2.97. The van der Waals surface area contributed by atoms with E-state index in [1.807, 2.05) is 35.3 Å². The highest BCUT2D eigenvalue weighted by Crippen LogP contribution is 2.35. The van der Waals surface area contributed by atoms with E-state index in [0.717, 1.165) is 61.1 Å². The van der Waals surface area contributed by atoms with Gasteiger partial charge in [0.1, 0.15) is 23.7 Å². The summed E-state index contributed by atoms with van der Waals surface area (Å²) < 4.78 is 13.5. The van der Waals surface area contributed by atoms with Crippen molar-refractivity contribution < 1.29 is 9.47 Å². The summed E-state index contributed by atoms with van der Waals surface area (Å²) in [5.74, 6) is 1.61. The molecule has 0 aromatic carbocycles. The molecular weight excluding hydrogens is 356 g/mol. The van der Waals surface area contributed by atoms with E-state index in [-0.39, 0.29) is 5.60 Å². The van der Waals surface area contributed by atoms with E-state index in [9.17, 15) is 0 Å². The molecule has 0 radical (unpaired) electrons. The number of hydrogen-bond donors (Lipinski definition) is 1. The molecule has 28 heavy (non-hydrogen) atoms. The van der Waals surface area contributed by atoms with Gasteiger partial charge >= 0.3 is 0 Å². The Morgan fingerprint density at radius 3 is 2.93 bits per heavy atom. The third-order valence-corrected chi connectivity index (χ3v) is 5.59. The molecule has 3 aromatic heterocycles. The number of nitrogens with zero attached hydrogens (tertiary/aromatic N) is 5. The number of nitrogens with one attached hydrogen (secondary N) is 1. The van der Waals surface area contributed by atoms with Crippen LogP contribution in [0.2, 0.25) is 0 Å². The fourth-order valence-corrected chi connectivity index (χ4v) is 4.13. The van der Waals surface area contributed by atoms with Gasteiger partial charge in [0.25, 0.3) is 0 Å². The van der Waals surface area contributed by atoms with Crippen LogP contribution in [-0.2, 0) is 11.3 Å². The quantitative estimate of drug-likeness (QED) is 0.724. The number of rotatable bonds is 2. The van der Waals surface area contributed by atoms with Gasteiger partial charge in [-0.05, 0) is 24.3 Å². The van der Waals surface area contributed by atoms with Crippen molar-refractivity contribution >= 4 is 5.82 Å². The Labute approximate surface area is 162 Å². The Morgan fingerprint density at radius 2 is 2.11 bits per heavy atom. The molecular formula is C20H20N6O2. The molecule has 8 heteroatoms. The zero-order valence-electron chi connectivity index (χ0n) is 15.3. The summed E-state index contributed by atoms with van der Waals surface area (Å²) in [6, 6.07) is 7.99. The maximum absolute atomic E-state index is 5.96. The number of ether oxygens (including phenoxy) is 2. The minimum Gasteiger partial charge on any atom is -0.472 e. The predicted octanol–water partition coefficient (Wildman–Crippen LogP) is 1.40. The monoisotopic (exact) mass is 376 g/mol. The fourth-order valence-electron chi connectivity index (χ4n) is 4.13. The summed E-state index contributed by atoms with van der Waals surface area (Å²) >= 11 is 0. The molecule has 0 unspecified atom stereocenters. The number of hydrogen-bond acceptors (Lipinski definition) is 7. The maximum atomic E-state index is 5.96. The van der Waals surface area contributed by atoms with Crippen molar-refractivity contribution in [2.75, 3.05) is 37.7 Å². The molecule has 2 saturated heterocycles. The van der Waals surface area contributed by atoms with Gasteiger partial charge in [-0.1, -0.05) is 0 Å². The molecule has 0 atom stereocenters. The topological polar surface area (TPSA) is 77.3 Å². The largest absolute Gasteiger partial charge is 0.472 e. The van der Waals surface area contributed by atoms with Gasteiger partial charge in [0.15, 0.2) is 0 Å². The molecule has 0 saturated carbocycles. The summed E-state index contributed by atoms with van der Waals surface area (Å²) in [6.07, 6.45) is 5.60. The van der Waals surface area contributed by atoms with Crippen LogP contribution >= 0.6 is 0 Å². The lowest BCUT2D eigenvalue weighted by Crippen LogP contribution is -2.70. The lowest BCUT2D eigenvalue weighted by atomic mass is 9.92. The van der Waals surface area contributed by atoms with Crippen LogP contribution in [-0.4, -0.2) is 58.1 Å². The Morgan fingerprint density at radius 1 is 1.14 bits per heavy atom. The SMILES string of the molecule is c1cnc2c(c1)-c1nn(-c3ccc(N4CC5(CNCCO5)C4)nc3)cc1CO2. The van der Waals surface area contributed by atoms with Crippen molar-refractivity contribution in [2.45, 2.75) is 12.2 Å². The highest BCUT2D eigenvalue weighted by molar-refractivity contribution is 5.69. The fraction of sp³-hybridized carbons (Fsp3) is 0.350. The second-order valence-electron chi connectivity index (χ2n) is 7.53. The second kappa shape index (κ2) is 6.02. The first kappa shape index (κ1) is 16.0. The zero-order valence-corrected chi connectivity index (χ0v) is 15.3. The number of fused-ring (bicyclic) bond motifs is 3. The van der Waals surface area contributed by atoms with Gasteiger partial charge in [0.05, 0.1) is 37.1 Å². The molecule has 1 N–H and O–H groups in total. The van der Waals surface area contributed by atoms with E-state index >= 15 is 0 Å². The highest BCUT2D eigenvalue weighted by Gasteiger charge is 2.45. The molecule has 3 aromatic rings. The summed E-state index contributed by atoms with van der Waals surface area (Å²) in [6.45, 7) is 4.88. The van der Waals surface area contributed by atoms with Crippen LogP contribution in [0, 0.1) is 0 Å². The summed E-state index contributed by atoms with van der Waals surface area (Å²) in [5.41, 5.74) is 3.79. The molecule has 1 spiro atoms. The first-order valence-corrected chi connectivity index (χ1v) is 9.53. The van der Waals surface area contributed by atoms with Crippen LogP contribution < -0.4 is 15.0 Å². The minimum atomic E-state index is -0.0406. The van der Waals surface area contributed by atoms with Crippen LogP contribution in [0.4, 0.5) is 5.82 Å². The molecule has 0 aliphatic carbocycles. The van der Waals surface area contributed by atoms with E-state index in [1.165, 1.54) is 0 Å². The normalized spacial score (nSPS) is 19.5. The number of anilines is 1. The lowest BCUT2D eigenvalue weighted by molar-refractivity contribution is -0.0831. The first-order valence-electron chi connectivity index (χ1n) is 9.53. The number of morpholine rings is 1. The molecule has 0 bridgehead atoms. The van der Waals surface area contributed by atoms with Gasteiger partial charge in [-0.3, -0.25) is 0 Å². The van der Waals surface area contributed by atoms with Crippen LogP contribution in [0.5, 0.6) is 5.88 Å². The van der Waals surface area contributed by atoms with Crippen molar-refractivity contribution in [3.8, 4) is 22.8 Å². The average molecular weight is 376 g/mol. The molecule has 0 amide bonds. The third kappa shape index (κ3) is 2.49. The molecule has 6 heterocycles. The lowest BCUT2D eigenvalue weighted by Gasteiger charge is -2.52. The van der Waals surface area contributed by atoms with Crippen molar-refractivity contribution in [3.05, 3.63) is 48.4 Å². The third-order valence-electron chi connectivity index (χ3n) is 5.59. The van der Waals surface area contributed by atoms with Crippen LogP contribution in [0.1, 0.15) is 5.56 Å². The molecule has 3 aliphatic rings. The second-order valence-corrected chi connectivity index (χ2v) is 7.53. The van der Waals surface area contributed by atoms with E-state index in [1.54, 1.807) is 6.20 Å². The molecule has 142 valence electrons. The summed E-state index contributed by atoms with van der Waals surface area (Å²) in [5, 5.41) is 8.17. The molecule has 3 aliphatic heterocycles. The zero-order chi connectivity index (χ0) is 18.6. The highest BCUT2D eigenvalue weighted by atomic mass is 16.5. The number of pyridine rings is 2. The van der Waals surface area contributed by atoms with Crippen molar-refractivity contribution in [3.63, 3.8) is 0 Å². The van der Waals surface area contributed by atoms with Gasteiger partial charge in [-0.15, -0.1) is 0 Å². The average Bonchev–Trinajstić information content (AvgIpc) is 3.18. The van der Waals surface area contributed by atoms with Crippen LogP contribution in [0.15, 0.2) is 42.9 Å². The predicted molar refractivity (Wildman–Crippen MR) is 103 cm³/mol. The van der Waals surface area contributed by atoms with E-state index in [2.05, 4.69) is 26.3 Å². The van der Waals surface area contributed by atoms with Gasteiger partial charge in [-0.25, -0.2) is 14.6 Å². The van der Waals surface area contributed by atoms with Gasteiger partial charge < -0.3 is 19.7 Å².